The number of unbranched alkanes of at least 4 members (excludes halogenated alkanes) is 1. The molecular weight excluding hydrogens is 353 g/mol. The summed E-state index contributed by atoms with van der Waals surface area (Å²) in [5.74, 6) is 0.763. The Labute approximate surface area is 149 Å². The second kappa shape index (κ2) is 8.76. The predicted octanol–water partition coefficient (Wildman–Crippen LogP) is 5.98. The molecular formula is C18H18ClF3N2O. The Morgan fingerprint density at radius 1 is 1.16 bits per heavy atom. The van der Waals surface area contributed by atoms with Crippen LogP contribution in [0.5, 0.6) is 5.75 Å². The number of halogens is 4. The van der Waals surface area contributed by atoms with Crippen LogP contribution in [-0.2, 0) is 6.18 Å². The summed E-state index contributed by atoms with van der Waals surface area (Å²) in [5, 5.41) is 4.09. The van der Waals surface area contributed by atoms with E-state index in [1.165, 1.54) is 12.3 Å². The number of nitrogens with zero attached hydrogens (tertiary/aromatic N) is 1. The minimum absolute atomic E-state index is 0.0901. The molecule has 134 valence electrons. The molecule has 1 N–H and O–H groups in total. The summed E-state index contributed by atoms with van der Waals surface area (Å²) >= 11 is 5.89. The number of hydrazone groups is 1. The van der Waals surface area contributed by atoms with Crippen LogP contribution in [0.1, 0.15) is 30.9 Å². The molecule has 0 aromatic heterocycles. The summed E-state index contributed by atoms with van der Waals surface area (Å²) in [6.45, 7) is 2.76. The van der Waals surface area contributed by atoms with Gasteiger partial charge in [-0.25, -0.2) is 0 Å². The molecule has 0 atom stereocenters. The van der Waals surface area contributed by atoms with Gasteiger partial charge in [0.05, 0.1) is 29.1 Å². The van der Waals surface area contributed by atoms with Gasteiger partial charge in [0.15, 0.2) is 0 Å². The number of alkyl halides is 3. The van der Waals surface area contributed by atoms with Crippen molar-refractivity contribution in [2.75, 3.05) is 12.0 Å². The molecule has 0 heterocycles. The summed E-state index contributed by atoms with van der Waals surface area (Å²) in [4.78, 5) is 0. The smallest absolute Gasteiger partial charge is 0.416 e. The molecule has 2 aromatic rings. The third-order valence-electron chi connectivity index (χ3n) is 3.34. The fourth-order valence-corrected chi connectivity index (χ4v) is 2.11. The number of anilines is 1. The molecule has 0 unspecified atom stereocenters. The maximum Gasteiger partial charge on any atom is 0.416 e. The van der Waals surface area contributed by atoms with Crippen molar-refractivity contribution in [3.63, 3.8) is 0 Å². The minimum Gasteiger partial charge on any atom is -0.494 e. The quantitative estimate of drug-likeness (QED) is 0.369. The van der Waals surface area contributed by atoms with E-state index in [0.717, 1.165) is 36.3 Å². The predicted molar refractivity (Wildman–Crippen MR) is 94.5 cm³/mol. The van der Waals surface area contributed by atoms with Gasteiger partial charge in [0.25, 0.3) is 0 Å². The summed E-state index contributed by atoms with van der Waals surface area (Å²) in [6, 6.07) is 10.3. The number of rotatable bonds is 7. The van der Waals surface area contributed by atoms with Gasteiger partial charge in [0.1, 0.15) is 5.75 Å². The fourth-order valence-electron chi connectivity index (χ4n) is 1.95. The highest BCUT2D eigenvalue weighted by atomic mass is 35.5. The van der Waals surface area contributed by atoms with Gasteiger partial charge in [0, 0.05) is 0 Å². The fraction of sp³-hybridized carbons (Fsp3) is 0.278. The van der Waals surface area contributed by atoms with E-state index in [0.29, 0.717) is 6.61 Å². The summed E-state index contributed by atoms with van der Waals surface area (Å²) in [6.07, 6.45) is -0.885. The number of hydrogen-bond donors (Lipinski definition) is 1. The highest BCUT2D eigenvalue weighted by Crippen LogP contribution is 2.33. The lowest BCUT2D eigenvalue weighted by atomic mass is 10.2. The molecule has 0 spiro atoms. The van der Waals surface area contributed by atoms with Gasteiger partial charge in [0.2, 0.25) is 0 Å². The molecule has 25 heavy (non-hydrogen) atoms. The van der Waals surface area contributed by atoms with Crippen molar-refractivity contribution in [1.29, 1.82) is 0 Å². The average Bonchev–Trinajstić information content (AvgIpc) is 2.57. The monoisotopic (exact) mass is 370 g/mol. The Hall–Kier alpha value is -2.21. The van der Waals surface area contributed by atoms with E-state index < -0.39 is 11.7 Å². The van der Waals surface area contributed by atoms with Crippen LogP contribution in [0.15, 0.2) is 47.6 Å². The highest BCUT2D eigenvalue weighted by molar-refractivity contribution is 6.33. The van der Waals surface area contributed by atoms with Crippen LogP contribution < -0.4 is 10.2 Å². The molecule has 0 aliphatic heterocycles. The molecule has 3 nitrogen and oxygen atoms in total. The lowest BCUT2D eigenvalue weighted by molar-refractivity contribution is -0.137. The molecule has 2 rings (SSSR count). The molecule has 0 aliphatic carbocycles. The van der Waals surface area contributed by atoms with Crippen molar-refractivity contribution < 1.29 is 17.9 Å². The first kappa shape index (κ1) is 19.1. The van der Waals surface area contributed by atoms with Gasteiger partial charge in [-0.1, -0.05) is 24.9 Å². The Kier molecular flexibility index (Phi) is 6.70. The van der Waals surface area contributed by atoms with Crippen LogP contribution in [0.3, 0.4) is 0 Å². The lowest BCUT2D eigenvalue weighted by Gasteiger charge is -2.09. The SMILES string of the molecule is CCCCOc1ccc(/C=N/Nc2cc(C(F)(F)F)ccc2Cl)cc1. The van der Waals surface area contributed by atoms with E-state index in [9.17, 15) is 13.2 Å². The Morgan fingerprint density at radius 3 is 2.52 bits per heavy atom. The molecule has 0 aliphatic rings. The van der Waals surface area contributed by atoms with Crippen molar-refractivity contribution >= 4 is 23.5 Å². The van der Waals surface area contributed by atoms with Crippen LogP contribution in [0.4, 0.5) is 18.9 Å². The molecule has 0 bridgehead atoms. The van der Waals surface area contributed by atoms with E-state index >= 15 is 0 Å². The molecule has 0 saturated carbocycles. The van der Waals surface area contributed by atoms with Crippen molar-refractivity contribution in [1.82, 2.24) is 0 Å². The number of benzene rings is 2. The first-order valence-corrected chi connectivity index (χ1v) is 8.16. The van der Waals surface area contributed by atoms with E-state index in [1.807, 2.05) is 12.1 Å². The summed E-state index contributed by atoms with van der Waals surface area (Å²) in [7, 11) is 0. The molecule has 2 aromatic carbocycles. The first-order chi connectivity index (χ1) is 11.9. The summed E-state index contributed by atoms with van der Waals surface area (Å²) < 4.78 is 43.7. The van der Waals surface area contributed by atoms with Crippen molar-refractivity contribution in [2.45, 2.75) is 25.9 Å². The zero-order valence-corrected chi connectivity index (χ0v) is 14.4. The Bertz CT molecular complexity index is 715. The van der Waals surface area contributed by atoms with E-state index in [2.05, 4.69) is 17.5 Å². The molecule has 0 fully saturated rings. The van der Waals surface area contributed by atoms with Gasteiger partial charge < -0.3 is 4.74 Å². The topological polar surface area (TPSA) is 33.6 Å². The van der Waals surface area contributed by atoms with Crippen LogP contribution in [0.2, 0.25) is 5.02 Å². The van der Waals surface area contributed by atoms with E-state index in [1.54, 1.807) is 12.1 Å². The zero-order valence-electron chi connectivity index (χ0n) is 13.6. The maximum absolute atomic E-state index is 12.7. The van der Waals surface area contributed by atoms with Crippen molar-refractivity contribution in [3.05, 3.63) is 58.6 Å². The average molecular weight is 371 g/mol. The molecule has 0 saturated heterocycles. The van der Waals surface area contributed by atoms with Crippen LogP contribution in [-0.4, -0.2) is 12.8 Å². The van der Waals surface area contributed by atoms with Gasteiger partial charge in [-0.05, 0) is 54.4 Å². The third kappa shape index (κ3) is 5.98. The zero-order chi connectivity index (χ0) is 18.3. The van der Waals surface area contributed by atoms with Gasteiger partial charge >= 0.3 is 6.18 Å². The minimum atomic E-state index is -4.43. The number of nitrogens with one attached hydrogen (secondary N) is 1. The van der Waals surface area contributed by atoms with Crippen LogP contribution in [0.25, 0.3) is 0 Å². The normalized spacial score (nSPS) is 11.7. The summed E-state index contributed by atoms with van der Waals surface area (Å²) in [5.41, 5.74) is 2.61. The second-order valence-corrected chi connectivity index (χ2v) is 5.74. The Balaban J connectivity index is 1.99. The maximum atomic E-state index is 12.7. The number of hydrogen-bond acceptors (Lipinski definition) is 3. The molecule has 0 amide bonds. The van der Waals surface area contributed by atoms with E-state index in [-0.39, 0.29) is 10.7 Å². The van der Waals surface area contributed by atoms with Crippen molar-refractivity contribution in [3.8, 4) is 5.75 Å². The van der Waals surface area contributed by atoms with Crippen LogP contribution >= 0.6 is 11.6 Å². The first-order valence-electron chi connectivity index (χ1n) is 7.79. The highest BCUT2D eigenvalue weighted by Gasteiger charge is 2.30. The van der Waals surface area contributed by atoms with Crippen LogP contribution in [0, 0.1) is 0 Å². The third-order valence-corrected chi connectivity index (χ3v) is 3.67. The Morgan fingerprint density at radius 2 is 1.88 bits per heavy atom. The second-order valence-electron chi connectivity index (χ2n) is 5.33. The van der Waals surface area contributed by atoms with E-state index in [4.69, 9.17) is 16.3 Å². The largest absolute Gasteiger partial charge is 0.494 e. The lowest BCUT2D eigenvalue weighted by Crippen LogP contribution is -2.05. The number of ether oxygens (including phenoxy) is 1. The molecule has 0 radical (unpaired) electrons. The standard InChI is InChI=1S/C18H18ClF3N2O/c1-2-3-10-25-15-7-4-13(5-8-15)12-23-24-17-11-14(18(20,21)22)6-9-16(17)19/h4-9,11-12,24H,2-3,10H2,1H3/b23-12+. The molecule has 7 heteroatoms. The van der Waals surface area contributed by atoms with Crippen molar-refractivity contribution in [2.24, 2.45) is 5.10 Å². The van der Waals surface area contributed by atoms with Gasteiger partial charge in [-0.3, -0.25) is 5.43 Å². The van der Waals surface area contributed by atoms with Gasteiger partial charge in [-0.2, -0.15) is 18.3 Å². The van der Waals surface area contributed by atoms with Gasteiger partial charge in [-0.15, -0.1) is 0 Å².